The molecule has 1 aromatic rings. The zero-order valence-corrected chi connectivity index (χ0v) is 11.8. The lowest BCUT2D eigenvalue weighted by molar-refractivity contribution is 0.476. The minimum absolute atomic E-state index is 0.0624. The summed E-state index contributed by atoms with van der Waals surface area (Å²) in [6.07, 6.45) is 2.29. The molecule has 0 unspecified atom stereocenters. The van der Waals surface area contributed by atoms with Gasteiger partial charge in [-0.05, 0) is 13.8 Å². The first-order chi connectivity index (χ1) is 8.11. The second-order valence-corrected chi connectivity index (χ2v) is 6.63. The largest absolute Gasteiger partial charge is 0.367 e. The molecule has 9 heteroatoms. The lowest BCUT2D eigenvalue weighted by Crippen LogP contribution is -2.48. The average molecular weight is 295 g/mol. The van der Waals surface area contributed by atoms with Gasteiger partial charge in [-0.3, -0.25) is 4.79 Å². The predicted octanol–water partition coefficient (Wildman–Crippen LogP) is 0.163. The SMILES string of the molecule is CC(C)(CNc1nc[nH]c(=O)c1Cl)NS(C)(=O)=O. The van der Waals surface area contributed by atoms with Crippen LogP contribution in [0.4, 0.5) is 5.82 Å². The van der Waals surface area contributed by atoms with Crippen LogP contribution in [0.1, 0.15) is 13.8 Å². The highest BCUT2D eigenvalue weighted by atomic mass is 35.5. The number of hydrogen-bond acceptors (Lipinski definition) is 5. The molecule has 0 bridgehead atoms. The van der Waals surface area contributed by atoms with Crippen LogP contribution in [-0.4, -0.2) is 36.7 Å². The Balaban J connectivity index is 2.76. The molecule has 102 valence electrons. The highest BCUT2D eigenvalue weighted by Crippen LogP contribution is 2.13. The molecule has 0 atom stereocenters. The Morgan fingerprint density at radius 3 is 2.67 bits per heavy atom. The molecule has 1 rings (SSSR count). The van der Waals surface area contributed by atoms with Gasteiger partial charge in [-0.2, -0.15) is 0 Å². The van der Waals surface area contributed by atoms with E-state index in [1.807, 2.05) is 0 Å². The fraction of sp³-hybridized carbons (Fsp3) is 0.556. The van der Waals surface area contributed by atoms with E-state index in [1.54, 1.807) is 13.8 Å². The van der Waals surface area contributed by atoms with Crippen molar-refractivity contribution in [2.45, 2.75) is 19.4 Å². The molecule has 0 saturated carbocycles. The maximum atomic E-state index is 11.2. The van der Waals surface area contributed by atoms with Crippen LogP contribution in [0, 0.1) is 0 Å². The second kappa shape index (κ2) is 5.25. The molecule has 1 heterocycles. The number of anilines is 1. The molecular formula is C9H15ClN4O3S. The van der Waals surface area contributed by atoms with Crippen molar-refractivity contribution >= 4 is 27.4 Å². The topological polar surface area (TPSA) is 104 Å². The standard InChI is InChI=1S/C9H15ClN4O3S/c1-9(2,14-18(3,16)17)4-11-7-6(10)8(15)13-5-12-7/h5,14H,4H2,1-3H3,(H2,11,12,13,15). The molecular weight excluding hydrogens is 280 g/mol. The fourth-order valence-corrected chi connectivity index (χ4v) is 2.60. The molecule has 0 aliphatic carbocycles. The van der Waals surface area contributed by atoms with Gasteiger partial charge in [0.1, 0.15) is 5.02 Å². The number of hydrogen-bond donors (Lipinski definition) is 3. The van der Waals surface area contributed by atoms with Gasteiger partial charge in [-0.25, -0.2) is 18.1 Å². The lowest BCUT2D eigenvalue weighted by Gasteiger charge is -2.25. The van der Waals surface area contributed by atoms with Gasteiger partial charge in [0.05, 0.1) is 12.6 Å². The summed E-state index contributed by atoms with van der Waals surface area (Å²) in [5.74, 6) is 0.212. The smallest absolute Gasteiger partial charge is 0.271 e. The number of aromatic nitrogens is 2. The van der Waals surface area contributed by atoms with Crippen molar-refractivity contribution in [3.8, 4) is 0 Å². The first-order valence-corrected chi connectivity index (χ1v) is 7.34. The molecule has 0 radical (unpaired) electrons. The fourth-order valence-electron chi connectivity index (χ4n) is 1.35. The number of H-pyrrole nitrogens is 1. The highest BCUT2D eigenvalue weighted by Gasteiger charge is 2.22. The van der Waals surface area contributed by atoms with Gasteiger partial charge in [0, 0.05) is 12.1 Å². The summed E-state index contributed by atoms with van der Waals surface area (Å²) in [5.41, 5.74) is -1.19. The number of rotatable bonds is 5. The van der Waals surface area contributed by atoms with Crippen molar-refractivity contribution < 1.29 is 8.42 Å². The third kappa shape index (κ3) is 4.63. The van der Waals surface area contributed by atoms with Crippen LogP contribution in [0.25, 0.3) is 0 Å². The quantitative estimate of drug-likeness (QED) is 0.718. The van der Waals surface area contributed by atoms with Crippen LogP contribution in [0.2, 0.25) is 5.02 Å². The normalized spacial score (nSPS) is 12.4. The maximum absolute atomic E-state index is 11.2. The van der Waals surface area contributed by atoms with Crippen molar-refractivity contribution in [2.75, 3.05) is 18.1 Å². The van der Waals surface area contributed by atoms with E-state index in [2.05, 4.69) is 20.0 Å². The summed E-state index contributed by atoms with van der Waals surface area (Å²) in [6.45, 7) is 3.63. The van der Waals surface area contributed by atoms with Crippen LogP contribution in [0.3, 0.4) is 0 Å². The van der Waals surface area contributed by atoms with Gasteiger partial charge in [0.25, 0.3) is 5.56 Å². The third-order valence-electron chi connectivity index (χ3n) is 1.96. The van der Waals surface area contributed by atoms with Crippen LogP contribution < -0.4 is 15.6 Å². The minimum atomic E-state index is -3.32. The second-order valence-electron chi connectivity index (χ2n) is 4.51. The van der Waals surface area contributed by atoms with Crippen molar-refractivity contribution in [1.82, 2.24) is 14.7 Å². The summed E-state index contributed by atoms with van der Waals surface area (Å²) in [5, 5.41) is 2.76. The first kappa shape index (κ1) is 14.9. The van der Waals surface area contributed by atoms with Gasteiger partial charge < -0.3 is 10.3 Å². The molecule has 7 nitrogen and oxygen atoms in total. The van der Waals surface area contributed by atoms with E-state index in [0.29, 0.717) is 0 Å². The molecule has 0 spiro atoms. The Bertz CT molecular complexity index is 582. The number of aromatic amines is 1. The van der Waals surface area contributed by atoms with Crippen molar-refractivity contribution in [3.05, 3.63) is 21.7 Å². The molecule has 0 saturated heterocycles. The number of nitrogens with one attached hydrogen (secondary N) is 3. The molecule has 0 fully saturated rings. The van der Waals surface area contributed by atoms with Crippen LogP contribution in [0.5, 0.6) is 0 Å². The van der Waals surface area contributed by atoms with Crippen LogP contribution >= 0.6 is 11.6 Å². The summed E-state index contributed by atoms with van der Waals surface area (Å²) in [6, 6.07) is 0. The molecule has 1 aromatic heterocycles. The molecule has 3 N–H and O–H groups in total. The Morgan fingerprint density at radius 2 is 2.11 bits per heavy atom. The molecule has 18 heavy (non-hydrogen) atoms. The summed E-state index contributed by atoms with van der Waals surface area (Å²) < 4.78 is 24.7. The zero-order chi connectivity index (χ0) is 14.0. The number of halogens is 1. The van der Waals surface area contributed by atoms with E-state index in [-0.39, 0.29) is 17.4 Å². The summed E-state index contributed by atoms with van der Waals surface area (Å²) in [7, 11) is -3.32. The Hall–Kier alpha value is -1.12. The van der Waals surface area contributed by atoms with Crippen molar-refractivity contribution in [2.24, 2.45) is 0 Å². The van der Waals surface area contributed by atoms with Crippen molar-refractivity contribution in [1.29, 1.82) is 0 Å². The first-order valence-electron chi connectivity index (χ1n) is 5.07. The van der Waals surface area contributed by atoms with Gasteiger partial charge >= 0.3 is 0 Å². The van der Waals surface area contributed by atoms with Gasteiger partial charge in [-0.1, -0.05) is 11.6 Å². The molecule has 0 aliphatic heterocycles. The van der Waals surface area contributed by atoms with Crippen LogP contribution in [-0.2, 0) is 10.0 Å². The Morgan fingerprint density at radius 1 is 1.50 bits per heavy atom. The minimum Gasteiger partial charge on any atom is -0.367 e. The van der Waals surface area contributed by atoms with E-state index in [4.69, 9.17) is 11.6 Å². The summed E-state index contributed by atoms with van der Waals surface area (Å²) >= 11 is 5.75. The van der Waals surface area contributed by atoms with Gasteiger partial charge in [0.2, 0.25) is 10.0 Å². The Kier molecular flexibility index (Phi) is 4.36. The van der Waals surface area contributed by atoms with E-state index >= 15 is 0 Å². The van der Waals surface area contributed by atoms with Crippen LogP contribution in [0.15, 0.2) is 11.1 Å². The van der Waals surface area contributed by atoms with Gasteiger partial charge in [-0.15, -0.1) is 0 Å². The average Bonchev–Trinajstić information content (AvgIpc) is 2.17. The molecule has 0 aliphatic rings. The van der Waals surface area contributed by atoms with E-state index in [0.717, 1.165) is 6.26 Å². The van der Waals surface area contributed by atoms with Gasteiger partial charge in [0.15, 0.2) is 5.82 Å². The Labute approximate surface area is 110 Å². The third-order valence-corrected chi connectivity index (χ3v) is 3.23. The number of nitrogens with zero attached hydrogens (tertiary/aromatic N) is 1. The lowest BCUT2D eigenvalue weighted by atomic mass is 10.1. The zero-order valence-electron chi connectivity index (χ0n) is 10.2. The van der Waals surface area contributed by atoms with Crippen molar-refractivity contribution in [3.63, 3.8) is 0 Å². The van der Waals surface area contributed by atoms with E-state index in [9.17, 15) is 13.2 Å². The predicted molar refractivity (Wildman–Crippen MR) is 70.4 cm³/mol. The number of sulfonamides is 1. The monoisotopic (exact) mass is 294 g/mol. The van der Waals surface area contributed by atoms with E-state index in [1.165, 1.54) is 6.33 Å². The maximum Gasteiger partial charge on any atom is 0.271 e. The molecule has 0 amide bonds. The van der Waals surface area contributed by atoms with E-state index < -0.39 is 21.1 Å². The molecule has 0 aromatic carbocycles. The highest BCUT2D eigenvalue weighted by molar-refractivity contribution is 7.88. The summed E-state index contributed by atoms with van der Waals surface area (Å²) in [4.78, 5) is 17.4.